The Morgan fingerprint density at radius 3 is 2.65 bits per heavy atom. The van der Waals surface area contributed by atoms with Gasteiger partial charge in [-0.05, 0) is 19.9 Å². The van der Waals surface area contributed by atoms with Crippen molar-refractivity contribution in [2.24, 2.45) is 5.92 Å². The zero-order chi connectivity index (χ0) is 14.7. The fraction of sp³-hybridized carbons (Fsp3) is 0.357. The zero-order valence-corrected chi connectivity index (χ0v) is 11.3. The molecule has 6 heteroatoms. The number of fused-ring (bicyclic) bond motifs is 1. The monoisotopic (exact) mass is 276 g/mol. The van der Waals surface area contributed by atoms with Crippen LogP contribution in [0.25, 0.3) is 10.9 Å². The second-order valence-electron chi connectivity index (χ2n) is 4.55. The van der Waals surface area contributed by atoms with Gasteiger partial charge in [0.15, 0.2) is 11.6 Å². The van der Waals surface area contributed by atoms with Crippen LogP contribution < -0.4 is 4.90 Å². The van der Waals surface area contributed by atoms with Crippen molar-refractivity contribution in [1.82, 2.24) is 9.97 Å². The molecule has 0 saturated carbocycles. The highest BCUT2D eigenvalue weighted by atomic mass is 19.2. The molecule has 0 fully saturated rings. The first-order chi connectivity index (χ1) is 9.56. The lowest BCUT2D eigenvalue weighted by atomic mass is 10.1. The Labute approximate surface area is 115 Å². The topological polar surface area (TPSA) is 52.8 Å². The molecular formula is C14H14F2N4. The normalized spacial score (nSPS) is 12.2. The molecule has 0 aliphatic rings. The van der Waals surface area contributed by atoms with Gasteiger partial charge in [-0.15, -0.1) is 0 Å². The van der Waals surface area contributed by atoms with Crippen LogP contribution in [0, 0.1) is 28.9 Å². The number of nitrogens with zero attached hydrogens (tertiary/aromatic N) is 4. The summed E-state index contributed by atoms with van der Waals surface area (Å²) < 4.78 is 26.7. The number of hydrogen-bond donors (Lipinski definition) is 0. The summed E-state index contributed by atoms with van der Waals surface area (Å²) in [5, 5.41) is 9.34. The zero-order valence-electron chi connectivity index (χ0n) is 11.3. The van der Waals surface area contributed by atoms with Crippen molar-refractivity contribution in [2.75, 3.05) is 18.0 Å². The van der Waals surface area contributed by atoms with Crippen LogP contribution in [0.3, 0.4) is 0 Å². The lowest BCUT2D eigenvalue weighted by Gasteiger charge is -2.24. The quantitative estimate of drug-likeness (QED) is 0.861. The molecule has 0 spiro atoms. The Morgan fingerprint density at radius 1 is 1.30 bits per heavy atom. The van der Waals surface area contributed by atoms with Gasteiger partial charge in [-0.3, -0.25) is 0 Å². The van der Waals surface area contributed by atoms with Crippen molar-refractivity contribution in [3.05, 3.63) is 30.1 Å². The van der Waals surface area contributed by atoms with E-state index in [0.717, 1.165) is 12.1 Å². The summed E-state index contributed by atoms with van der Waals surface area (Å²) in [6, 6.07) is 4.30. The summed E-state index contributed by atoms with van der Waals surface area (Å²) in [5.74, 6) is -1.54. The number of rotatable bonds is 4. The molecule has 0 aliphatic carbocycles. The highest BCUT2D eigenvalue weighted by Gasteiger charge is 2.15. The summed E-state index contributed by atoms with van der Waals surface area (Å²) in [6.07, 6.45) is 1.31. The molecule has 0 aliphatic heterocycles. The Kier molecular flexibility index (Phi) is 4.08. The third-order valence-corrected chi connectivity index (χ3v) is 3.05. The van der Waals surface area contributed by atoms with E-state index in [1.54, 1.807) is 6.92 Å². The van der Waals surface area contributed by atoms with Gasteiger partial charge in [-0.2, -0.15) is 5.26 Å². The Hall–Kier alpha value is -2.29. The first kappa shape index (κ1) is 14.1. The van der Waals surface area contributed by atoms with E-state index in [4.69, 9.17) is 5.26 Å². The van der Waals surface area contributed by atoms with Crippen LogP contribution in [-0.4, -0.2) is 23.1 Å². The van der Waals surface area contributed by atoms with Crippen LogP contribution in [0.5, 0.6) is 0 Å². The van der Waals surface area contributed by atoms with Crippen molar-refractivity contribution in [3.8, 4) is 6.07 Å². The van der Waals surface area contributed by atoms with E-state index in [-0.39, 0.29) is 5.92 Å². The fourth-order valence-corrected chi connectivity index (χ4v) is 2.03. The molecule has 0 saturated heterocycles. The van der Waals surface area contributed by atoms with Crippen LogP contribution >= 0.6 is 0 Å². The summed E-state index contributed by atoms with van der Waals surface area (Å²) >= 11 is 0. The number of hydrogen-bond acceptors (Lipinski definition) is 4. The minimum Gasteiger partial charge on any atom is -0.355 e. The van der Waals surface area contributed by atoms with Crippen molar-refractivity contribution >= 4 is 16.7 Å². The molecule has 0 amide bonds. The molecule has 1 atom stereocenters. The SMILES string of the molecule is CCN(C[C@@H](C)C#N)c1ncnc2cc(F)c(F)cc12. The van der Waals surface area contributed by atoms with Crippen molar-refractivity contribution < 1.29 is 8.78 Å². The van der Waals surface area contributed by atoms with Gasteiger partial charge in [0.25, 0.3) is 0 Å². The lowest BCUT2D eigenvalue weighted by Crippen LogP contribution is -2.28. The summed E-state index contributed by atoms with van der Waals surface area (Å²) in [6.45, 7) is 4.79. The van der Waals surface area contributed by atoms with E-state index in [9.17, 15) is 8.78 Å². The molecule has 0 N–H and O–H groups in total. The molecule has 1 heterocycles. The predicted molar refractivity (Wildman–Crippen MR) is 72.1 cm³/mol. The standard InChI is InChI=1S/C14H14F2N4/c1-3-20(7-9(2)6-17)14-10-4-11(15)12(16)5-13(10)18-8-19-14/h4-5,8-9H,3,7H2,1-2H3/t9-/m0/s1. The molecule has 2 rings (SSSR count). The Bertz CT molecular complexity index is 666. The van der Waals surface area contributed by atoms with E-state index in [0.29, 0.717) is 29.8 Å². The molecule has 0 unspecified atom stereocenters. The van der Waals surface area contributed by atoms with Crippen molar-refractivity contribution in [2.45, 2.75) is 13.8 Å². The van der Waals surface area contributed by atoms with E-state index >= 15 is 0 Å². The van der Waals surface area contributed by atoms with Gasteiger partial charge in [-0.1, -0.05) is 0 Å². The minimum absolute atomic E-state index is 0.190. The number of anilines is 1. The van der Waals surface area contributed by atoms with Gasteiger partial charge < -0.3 is 4.90 Å². The average molecular weight is 276 g/mol. The molecule has 0 bridgehead atoms. The first-order valence-corrected chi connectivity index (χ1v) is 6.31. The molecule has 4 nitrogen and oxygen atoms in total. The van der Waals surface area contributed by atoms with Gasteiger partial charge in [0.05, 0.1) is 17.5 Å². The molecular weight excluding hydrogens is 262 g/mol. The van der Waals surface area contributed by atoms with Crippen LogP contribution in [0.4, 0.5) is 14.6 Å². The van der Waals surface area contributed by atoms with Gasteiger partial charge in [0, 0.05) is 24.5 Å². The largest absolute Gasteiger partial charge is 0.355 e. The average Bonchev–Trinajstić information content (AvgIpc) is 2.45. The summed E-state index contributed by atoms with van der Waals surface area (Å²) in [5.41, 5.74) is 0.344. The maximum absolute atomic E-state index is 13.4. The molecule has 2 aromatic rings. The Balaban J connectivity index is 2.52. The summed E-state index contributed by atoms with van der Waals surface area (Å²) in [7, 11) is 0. The first-order valence-electron chi connectivity index (χ1n) is 6.31. The third-order valence-electron chi connectivity index (χ3n) is 3.05. The number of nitriles is 1. The maximum Gasteiger partial charge on any atom is 0.161 e. The molecule has 20 heavy (non-hydrogen) atoms. The van der Waals surface area contributed by atoms with Crippen LogP contribution in [0.15, 0.2) is 18.5 Å². The number of benzene rings is 1. The van der Waals surface area contributed by atoms with Crippen LogP contribution in [-0.2, 0) is 0 Å². The van der Waals surface area contributed by atoms with E-state index in [2.05, 4.69) is 16.0 Å². The second-order valence-corrected chi connectivity index (χ2v) is 4.55. The Morgan fingerprint density at radius 2 is 2.00 bits per heavy atom. The summed E-state index contributed by atoms with van der Waals surface area (Å²) in [4.78, 5) is 9.96. The predicted octanol–water partition coefficient (Wildman–Crippen LogP) is 2.89. The van der Waals surface area contributed by atoms with E-state index in [1.165, 1.54) is 6.33 Å². The van der Waals surface area contributed by atoms with Crippen LogP contribution in [0.1, 0.15) is 13.8 Å². The number of halogens is 2. The smallest absolute Gasteiger partial charge is 0.161 e. The highest BCUT2D eigenvalue weighted by molar-refractivity contribution is 5.89. The van der Waals surface area contributed by atoms with Crippen molar-refractivity contribution in [3.63, 3.8) is 0 Å². The second kappa shape index (κ2) is 5.78. The lowest BCUT2D eigenvalue weighted by molar-refractivity contribution is 0.510. The number of aromatic nitrogens is 2. The van der Waals surface area contributed by atoms with E-state index < -0.39 is 11.6 Å². The van der Waals surface area contributed by atoms with Gasteiger partial charge >= 0.3 is 0 Å². The minimum atomic E-state index is -0.935. The maximum atomic E-state index is 13.4. The molecule has 1 aromatic carbocycles. The van der Waals surface area contributed by atoms with E-state index in [1.807, 2.05) is 11.8 Å². The fourth-order valence-electron chi connectivity index (χ4n) is 2.03. The van der Waals surface area contributed by atoms with Gasteiger partial charge in [-0.25, -0.2) is 18.7 Å². The van der Waals surface area contributed by atoms with Gasteiger partial charge in [0.1, 0.15) is 12.1 Å². The highest BCUT2D eigenvalue weighted by Crippen LogP contribution is 2.25. The van der Waals surface area contributed by atoms with Crippen LogP contribution in [0.2, 0.25) is 0 Å². The molecule has 104 valence electrons. The third kappa shape index (κ3) is 2.67. The molecule has 1 aromatic heterocycles. The molecule has 0 radical (unpaired) electrons. The van der Waals surface area contributed by atoms with Gasteiger partial charge in [0.2, 0.25) is 0 Å². The van der Waals surface area contributed by atoms with Crippen molar-refractivity contribution in [1.29, 1.82) is 5.26 Å².